The Bertz CT molecular complexity index is 918. The standard InChI is InChI=1S/C23H24ClN3O/c1-15-3-5-16(6-4-15)23(28)26-18-7-10-22-17(13-18)11-12-27(22)19-8-9-21(25-2)20(24)14-19/h3-6,8-9,14,17-18,22H,7,10-13H2,1H3,(H,26,28)/t17-,18+,22+/m0/s1. The van der Waals surface area contributed by atoms with Gasteiger partial charge in [0.05, 0.1) is 6.57 Å². The summed E-state index contributed by atoms with van der Waals surface area (Å²) in [5.41, 5.74) is 3.50. The molecule has 0 aromatic heterocycles. The van der Waals surface area contributed by atoms with Crippen molar-refractivity contribution in [2.75, 3.05) is 11.4 Å². The van der Waals surface area contributed by atoms with Crippen molar-refractivity contribution in [1.29, 1.82) is 0 Å². The van der Waals surface area contributed by atoms with Crippen LogP contribution in [-0.4, -0.2) is 24.5 Å². The van der Waals surface area contributed by atoms with Crippen LogP contribution < -0.4 is 10.2 Å². The monoisotopic (exact) mass is 393 g/mol. The lowest BCUT2D eigenvalue weighted by atomic mass is 9.82. The highest BCUT2D eigenvalue weighted by Crippen LogP contribution is 2.40. The Kier molecular flexibility index (Phi) is 5.28. The van der Waals surface area contributed by atoms with E-state index in [1.54, 1.807) is 0 Å². The summed E-state index contributed by atoms with van der Waals surface area (Å²) in [6, 6.07) is 14.2. The summed E-state index contributed by atoms with van der Waals surface area (Å²) in [6.07, 6.45) is 4.20. The van der Waals surface area contributed by atoms with E-state index < -0.39 is 0 Å². The van der Waals surface area contributed by atoms with E-state index in [-0.39, 0.29) is 11.9 Å². The summed E-state index contributed by atoms with van der Waals surface area (Å²) >= 11 is 6.24. The van der Waals surface area contributed by atoms with E-state index in [9.17, 15) is 4.79 Å². The number of carbonyl (C=O) groups is 1. The number of amides is 1. The first-order valence-corrected chi connectivity index (χ1v) is 10.2. The largest absolute Gasteiger partial charge is 0.368 e. The van der Waals surface area contributed by atoms with Crippen LogP contribution >= 0.6 is 11.6 Å². The summed E-state index contributed by atoms with van der Waals surface area (Å²) in [4.78, 5) is 18.4. The molecule has 0 bridgehead atoms. The third kappa shape index (κ3) is 3.72. The second-order valence-electron chi connectivity index (χ2n) is 7.91. The highest BCUT2D eigenvalue weighted by atomic mass is 35.5. The van der Waals surface area contributed by atoms with Crippen molar-refractivity contribution in [2.24, 2.45) is 5.92 Å². The van der Waals surface area contributed by atoms with Crippen molar-refractivity contribution >= 4 is 28.9 Å². The molecule has 0 radical (unpaired) electrons. The first-order chi connectivity index (χ1) is 13.5. The van der Waals surface area contributed by atoms with Gasteiger partial charge in [0.2, 0.25) is 5.69 Å². The van der Waals surface area contributed by atoms with Gasteiger partial charge in [-0.1, -0.05) is 35.4 Å². The summed E-state index contributed by atoms with van der Waals surface area (Å²) in [6.45, 7) is 10.2. The highest BCUT2D eigenvalue weighted by molar-refractivity contribution is 6.33. The van der Waals surface area contributed by atoms with E-state index in [0.717, 1.165) is 49.0 Å². The Balaban J connectivity index is 1.40. The molecule has 4 nitrogen and oxygen atoms in total. The molecule has 2 aromatic carbocycles. The number of fused-ring (bicyclic) bond motifs is 1. The van der Waals surface area contributed by atoms with Crippen molar-refractivity contribution in [3.63, 3.8) is 0 Å². The molecule has 5 heteroatoms. The fraction of sp³-hybridized carbons (Fsp3) is 0.391. The molecule has 1 aliphatic carbocycles. The SMILES string of the molecule is [C-]#[N+]c1ccc(N2CC[C@H]3C[C@H](NC(=O)c4ccc(C)cc4)CC[C@H]32)cc1Cl. The minimum absolute atomic E-state index is 0.0276. The third-order valence-electron chi connectivity index (χ3n) is 6.12. The number of halogens is 1. The molecule has 1 aliphatic heterocycles. The van der Waals surface area contributed by atoms with Crippen LogP contribution in [0.3, 0.4) is 0 Å². The van der Waals surface area contributed by atoms with Crippen LogP contribution in [-0.2, 0) is 0 Å². The molecule has 144 valence electrons. The molecule has 2 fully saturated rings. The maximum Gasteiger partial charge on any atom is 0.251 e. The Morgan fingerprint density at radius 1 is 1.18 bits per heavy atom. The number of nitrogens with one attached hydrogen (secondary N) is 1. The highest BCUT2D eigenvalue weighted by Gasteiger charge is 2.39. The fourth-order valence-corrected chi connectivity index (χ4v) is 4.85. The first kappa shape index (κ1) is 18.8. The molecule has 1 N–H and O–H groups in total. The van der Waals surface area contributed by atoms with Crippen molar-refractivity contribution < 1.29 is 4.79 Å². The van der Waals surface area contributed by atoms with Crippen LogP contribution in [0.5, 0.6) is 0 Å². The molecular formula is C23H24ClN3O. The first-order valence-electron chi connectivity index (χ1n) is 9.86. The minimum atomic E-state index is 0.0276. The molecule has 2 aromatic rings. The lowest BCUT2D eigenvalue weighted by Gasteiger charge is -2.37. The zero-order chi connectivity index (χ0) is 19.7. The van der Waals surface area contributed by atoms with Crippen LogP contribution in [0.2, 0.25) is 5.02 Å². The van der Waals surface area contributed by atoms with Gasteiger partial charge in [0.25, 0.3) is 5.91 Å². The average molecular weight is 394 g/mol. The Hall–Kier alpha value is -2.51. The maximum absolute atomic E-state index is 12.5. The van der Waals surface area contributed by atoms with Gasteiger partial charge >= 0.3 is 0 Å². The van der Waals surface area contributed by atoms with E-state index in [4.69, 9.17) is 18.2 Å². The number of benzene rings is 2. The van der Waals surface area contributed by atoms with Crippen molar-refractivity contribution in [2.45, 2.75) is 44.7 Å². The van der Waals surface area contributed by atoms with Gasteiger partial charge in [0.1, 0.15) is 0 Å². The average Bonchev–Trinajstić information content (AvgIpc) is 3.11. The van der Waals surface area contributed by atoms with Crippen molar-refractivity contribution in [3.8, 4) is 0 Å². The molecule has 1 saturated heterocycles. The van der Waals surface area contributed by atoms with Crippen molar-refractivity contribution in [1.82, 2.24) is 5.32 Å². The van der Waals surface area contributed by atoms with Gasteiger partial charge in [-0.15, -0.1) is 0 Å². The molecule has 2 aliphatic rings. The van der Waals surface area contributed by atoms with Gasteiger partial charge < -0.3 is 10.2 Å². The van der Waals surface area contributed by atoms with Crippen LogP contribution in [0.1, 0.15) is 41.6 Å². The number of aryl methyl sites for hydroxylation is 1. The van der Waals surface area contributed by atoms with Gasteiger partial charge in [-0.2, -0.15) is 0 Å². The predicted octanol–water partition coefficient (Wildman–Crippen LogP) is 5.38. The number of hydrogen-bond donors (Lipinski definition) is 1. The molecule has 1 saturated carbocycles. The summed E-state index contributed by atoms with van der Waals surface area (Å²) in [5.74, 6) is 0.608. The van der Waals surface area contributed by atoms with E-state index in [1.807, 2.05) is 49.4 Å². The number of rotatable bonds is 3. The van der Waals surface area contributed by atoms with Gasteiger partial charge in [-0.25, -0.2) is 4.85 Å². The second-order valence-corrected chi connectivity index (χ2v) is 8.31. The lowest BCUT2D eigenvalue weighted by molar-refractivity contribution is 0.0918. The van der Waals surface area contributed by atoms with E-state index in [0.29, 0.717) is 22.7 Å². The Morgan fingerprint density at radius 3 is 2.68 bits per heavy atom. The molecule has 0 spiro atoms. The van der Waals surface area contributed by atoms with Gasteiger partial charge in [-0.05, 0) is 62.8 Å². The summed E-state index contributed by atoms with van der Waals surface area (Å²) in [7, 11) is 0. The molecule has 28 heavy (non-hydrogen) atoms. The number of nitrogens with zero attached hydrogens (tertiary/aromatic N) is 2. The molecular weight excluding hydrogens is 370 g/mol. The molecule has 4 rings (SSSR count). The summed E-state index contributed by atoms with van der Waals surface area (Å²) in [5, 5.41) is 3.76. The minimum Gasteiger partial charge on any atom is -0.368 e. The lowest BCUT2D eigenvalue weighted by Crippen LogP contribution is -2.44. The number of anilines is 1. The zero-order valence-electron chi connectivity index (χ0n) is 16.0. The summed E-state index contributed by atoms with van der Waals surface area (Å²) < 4.78 is 0. The fourth-order valence-electron chi connectivity index (χ4n) is 4.63. The smallest absolute Gasteiger partial charge is 0.251 e. The van der Waals surface area contributed by atoms with Crippen LogP contribution in [0.4, 0.5) is 11.4 Å². The van der Waals surface area contributed by atoms with Gasteiger partial charge in [-0.3, -0.25) is 4.79 Å². The molecule has 1 heterocycles. The van der Waals surface area contributed by atoms with Crippen LogP contribution in [0.15, 0.2) is 42.5 Å². The van der Waals surface area contributed by atoms with Gasteiger partial charge in [0.15, 0.2) is 0 Å². The normalized spacial score (nSPS) is 23.8. The molecule has 3 atom stereocenters. The predicted molar refractivity (Wildman–Crippen MR) is 113 cm³/mol. The van der Waals surface area contributed by atoms with Crippen LogP contribution in [0.25, 0.3) is 4.85 Å². The third-order valence-corrected chi connectivity index (χ3v) is 6.42. The van der Waals surface area contributed by atoms with E-state index in [2.05, 4.69) is 15.1 Å². The van der Waals surface area contributed by atoms with E-state index >= 15 is 0 Å². The number of carbonyl (C=O) groups excluding carboxylic acids is 1. The number of hydrogen-bond acceptors (Lipinski definition) is 2. The molecule has 1 amide bonds. The zero-order valence-corrected chi connectivity index (χ0v) is 16.7. The van der Waals surface area contributed by atoms with Crippen LogP contribution in [0, 0.1) is 19.4 Å². The van der Waals surface area contributed by atoms with E-state index in [1.165, 1.54) is 0 Å². The Labute approximate surface area is 171 Å². The van der Waals surface area contributed by atoms with Crippen molar-refractivity contribution in [3.05, 3.63) is 70.0 Å². The quantitative estimate of drug-likeness (QED) is 0.711. The molecule has 0 unspecified atom stereocenters. The second kappa shape index (κ2) is 7.85. The topological polar surface area (TPSA) is 36.7 Å². The maximum atomic E-state index is 12.5. The Morgan fingerprint density at radius 2 is 1.96 bits per heavy atom. The van der Waals surface area contributed by atoms with Gasteiger partial charge in [0, 0.05) is 34.9 Å².